The minimum Gasteiger partial charge on any atom is -0.508 e. The van der Waals surface area contributed by atoms with E-state index < -0.39 is 233 Å². The van der Waals surface area contributed by atoms with Gasteiger partial charge in [0, 0.05) is 186 Å². The molecule has 24 nitrogen and oxygen atoms in total. The van der Waals surface area contributed by atoms with Crippen molar-refractivity contribution in [3.63, 3.8) is 0 Å². The molecule has 0 fully saturated rings. The van der Waals surface area contributed by atoms with E-state index in [1.54, 1.807) is 150 Å². The summed E-state index contributed by atoms with van der Waals surface area (Å²) in [6, 6.07) is 27.7. The molecule has 10 aromatic rings. The number of nitrogens with two attached hydrogens (primary N) is 1. The maximum absolute atomic E-state index is 13.3. The molecule has 0 atom stereocenters. The minimum absolute atomic E-state index is 0.0492. The lowest BCUT2D eigenvalue weighted by Gasteiger charge is -2.29. The molecule has 0 saturated carbocycles. The number of esters is 3. The highest BCUT2D eigenvalue weighted by Crippen LogP contribution is 2.45. The molecule has 0 aliphatic heterocycles. The molecule has 3 heterocycles. The van der Waals surface area contributed by atoms with Gasteiger partial charge in [0.05, 0.1) is 11.0 Å². The third-order valence-electron chi connectivity index (χ3n) is 16.9. The van der Waals surface area contributed by atoms with Gasteiger partial charge in [-0.05, 0) is 126 Å². The zero-order chi connectivity index (χ0) is 119. The number of nitrogens with one attached hydrogen (secondary N) is 5. The molecule has 10 N–H and O–H groups in total. The van der Waals surface area contributed by atoms with Crippen LogP contribution in [0.4, 0.5) is 22.7 Å². The Hall–Kier alpha value is -12.1. The van der Waals surface area contributed by atoms with Gasteiger partial charge in [-0.25, -0.2) is 4.79 Å². The number of anilines is 3. The monoisotopic (exact) mass is 1640 g/mol. The molecule has 0 saturated heterocycles. The first-order chi connectivity index (χ1) is 68.6. The summed E-state index contributed by atoms with van der Waals surface area (Å²) >= 11 is 0. The predicted octanol–water partition coefficient (Wildman–Crippen LogP) is 19.1. The number of ether oxygens (including phenoxy) is 3. The van der Waals surface area contributed by atoms with E-state index >= 15 is 0 Å². The second kappa shape index (κ2) is 37.3. The van der Waals surface area contributed by atoms with Crippen LogP contribution in [-0.2, 0) is 57.7 Å². The number of hydrogen-bond donors (Lipinski definition) is 9. The fourth-order valence-electron chi connectivity index (χ4n) is 11.5. The number of carbonyl (C=O) groups is 6. The number of rotatable bonds is 9. The zero-order valence-electron chi connectivity index (χ0n) is 103. The fourth-order valence-corrected chi connectivity index (χ4v) is 11.5. The standard InChI is InChI=1S/C26H30N2O4.C24H28N2O3.C16H23NO4.C16H25NO2.C10H7NO3.CH4O/c1-15(29)32-22-13-21(18(25(2,3)4)12-19(22)26(5,6)7)28-24(31)17-14-27-20-11-9-8-10-16(20)23(17)30;1-23(2,3)16-11-17(24(4,5)6)20(27)12-19(16)26-22(29)15-13-25-18-10-8-7-9-14(18)21(15)28;1-10(18)21-14-9-13(17(19)20)11(15(2,3)4)8-12(14)16(5,6)7;1-10(18)19-14-9-13(17)11(15(2,3)4)8-12(14)16(5,6)7;12-9-6-3-1-2-4-8(6)11-5-7(9)10(13)14;1-2/h8-14H,1-7H3,(H,27,30)(H,28,31);7-13,27H,1-6H3,(H,25,28)(H,26,29);8-9H,1-7H3;8-9H,17H2,1-7H3;1-5H,(H,11,12)(H,13,14);2H,1H3/i5D3,6D3,7D3;4D3,5D3,6D3;2*5D3,6D3,7D3;;. The number of hydrogen-bond acceptors (Lipinski definition) is 17. The molecule has 0 bridgehead atoms. The fraction of sp³-hybridized carbons (Fsp3) is 0.387. The molecule has 10 rings (SSSR count). The molecule has 0 spiro atoms. The first-order valence-corrected chi connectivity index (χ1v) is 35.2. The topological polar surface area (TPSA) is 383 Å². The van der Waals surface area contributed by atoms with E-state index in [0.29, 0.717) is 33.6 Å². The molecule has 0 aliphatic carbocycles. The lowest BCUT2D eigenvalue weighted by Crippen LogP contribution is -2.25. The number of pyridine rings is 3. The van der Waals surface area contributed by atoms with Crippen LogP contribution < -0.4 is 46.9 Å². The summed E-state index contributed by atoms with van der Waals surface area (Å²) in [5.41, 5.74) is -14.9. The number of phenolic OH excluding ortho intramolecular Hbond substituents is 1. The van der Waals surface area contributed by atoms with Gasteiger partial charge in [0.25, 0.3) is 17.5 Å². The lowest BCUT2D eigenvalue weighted by molar-refractivity contribution is -0.386. The van der Waals surface area contributed by atoms with Crippen molar-refractivity contribution in [3.8, 4) is 23.0 Å². The number of para-hydroxylation sites is 3. The van der Waals surface area contributed by atoms with Crippen molar-refractivity contribution in [1.29, 1.82) is 0 Å². The van der Waals surface area contributed by atoms with E-state index in [9.17, 15) is 58.4 Å². The number of phenols is 1. The number of carboxylic acid groups (broad SMARTS) is 1. The van der Waals surface area contributed by atoms with Crippen LogP contribution in [0.15, 0.2) is 154 Å². The first-order valence-electron chi connectivity index (χ1n) is 53.2. The van der Waals surface area contributed by atoms with Crippen molar-refractivity contribution in [2.45, 2.75) is 229 Å². The van der Waals surface area contributed by atoms with E-state index in [-0.39, 0.29) is 61.2 Å². The Morgan fingerprint density at radius 2 is 0.701 bits per heavy atom. The van der Waals surface area contributed by atoms with Gasteiger partial charge in [-0.3, -0.25) is 48.5 Å². The number of aromatic nitrogens is 3. The average molecular weight is 1640 g/mol. The predicted molar refractivity (Wildman–Crippen MR) is 467 cm³/mol. The number of aliphatic hydroxyl groups is 1. The number of aliphatic hydroxyl groups excluding tert-OH is 1. The number of nitro benzene ring substituents is 1. The Morgan fingerprint density at radius 1 is 0.410 bits per heavy atom. The summed E-state index contributed by atoms with van der Waals surface area (Å²) < 4.78 is 302. The van der Waals surface area contributed by atoms with E-state index in [0.717, 1.165) is 70.3 Å². The van der Waals surface area contributed by atoms with Gasteiger partial charge in [-0.15, -0.1) is 0 Å². The summed E-state index contributed by atoms with van der Waals surface area (Å²) in [5, 5.41) is 44.2. The van der Waals surface area contributed by atoms with Gasteiger partial charge < -0.3 is 60.8 Å². The number of nitro groups is 1. The quantitative estimate of drug-likeness (QED) is 0.0213. The van der Waals surface area contributed by atoms with Gasteiger partial charge in [-0.2, -0.15) is 0 Å². The maximum Gasteiger partial charge on any atom is 0.341 e. The number of fused-ring (bicyclic) bond motifs is 3. The first kappa shape index (κ1) is 54.0. The third kappa shape index (κ3) is 25.0. The number of benzene rings is 7. The van der Waals surface area contributed by atoms with Crippen molar-refractivity contribution in [2.75, 3.05) is 23.5 Å². The van der Waals surface area contributed by atoms with Crippen LogP contribution in [-0.4, -0.2) is 78.0 Å². The zero-order valence-corrected chi connectivity index (χ0v) is 66.9. The number of nitrogens with zero attached hydrogens (tertiary/aromatic N) is 1. The number of carboxylic acids is 1. The summed E-state index contributed by atoms with van der Waals surface area (Å²) in [5.74, 6) is -8.73. The number of aromatic hydroxyl groups is 1. The molecular formula is C93H117N7O17. The van der Waals surface area contributed by atoms with E-state index in [2.05, 4.69) is 25.6 Å². The smallest absolute Gasteiger partial charge is 0.341 e. The molecule has 2 amide bonds. The highest BCUT2D eigenvalue weighted by atomic mass is 16.6. The largest absolute Gasteiger partial charge is 0.508 e. The Bertz CT molecular complexity index is 6910. The number of H-pyrrole nitrogens is 3. The van der Waals surface area contributed by atoms with Crippen LogP contribution in [0.5, 0.6) is 23.0 Å². The average Bonchev–Trinajstić information content (AvgIpc) is 0.763. The molecule has 7 aromatic carbocycles. The van der Waals surface area contributed by atoms with E-state index in [1.807, 2.05) is 0 Å². The van der Waals surface area contributed by atoms with Crippen molar-refractivity contribution < 1.29 is 113 Å². The van der Waals surface area contributed by atoms with Crippen LogP contribution in [0.3, 0.4) is 0 Å². The second-order valence-corrected chi connectivity index (χ2v) is 30.6. The number of aromatic amines is 3. The number of nitrogen functional groups attached to an aromatic ring is 1. The van der Waals surface area contributed by atoms with Crippen LogP contribution in [0.2, 0.25) is 0 Å². The highest BCUT2D eigenvalue weighted by Gasteiger charge is 2.34. The molecule has 626 valence electrons. The van der Waals surface area contributed by atoms with Gasteiger partial charge in [0.2, 0.25) is 16.3 Å². The maximum atomic E-state index is 13.3. The van der Waals surface area contributed by atoms with Crippen LogP contribution in [0.25, 0.3) is 32.7 Å². The molecule has 24 heteroatoms. The second-order valence-electron chi connectivity index (χ2n) is 30.6. The normalized spacial score (nSPS) is 17.6. The summed E-state index contributed by atoms with van der Waals surface area (Å²) in [7, 11) is 1.00. The van der Waals surface area contributed by atoms with Crippen molar-refractivity contribution in [3.05, 3.63) is 242 Å². The Balaban J connectivity index is 0.000000344. The number of aromatic carboxylic acids is 1. The summed E-state index contributed by atoms with van der Waals surface area (Å²) in [6.07, 6.45) is 3.67. The Kier molecular flexibility index (Phi) is 17.2. The van der Waals surface area contributed by atoms with Crippen LogP contribution >= 0.6 is 0 Å². The highest BCUT2D eigenvalue weighted by molar-refractivity contribution is 6.07. The minimum atomic E-state index is -3.63. The summed E-state index contributed by atoms with van der Waals surface area (Å²) in [4.78, 5) is 129. The number of carbonyl (C=O) groups excluding carboxylic acids is 5. The Morgan fingerprint density at radius 3 is 1.03 bits per heavy atom. The molecule has 0 aliphatic rings. The van der Waals surface area contributed by atoms with E-state index in [4.69, 9.17) is 79.5 Å². The van der Waals surface area contributed by atoms with Crippen LogP contribution in [0, 0.1) is 10.1 Å². The lowest BCUT2D eigenvalue weighted by atomic mass is 9.79. The van der Waals surface area contributed by atoms with Gasteiger partial charge >= 0.3 is 23.9 Å². The number of amides is 2. The summed E-state index contributed by atoms with van der Waals surface area (Å²) in [6.45, 7) is -20.2. The van der Waals surface area contributed by atoms with Crippen molar-refractivity contribution in [2.24, 2.45) is 0 Å². The van der Waals surface area contributed by atoms with Gasteiger partial charge in [0.15, 0.2) is 0 Å². The van der Waals surface area contributed by atoms with Gasteiger partial charge in [-0.1, -0.05) is 202 Å². The Labute approximate surface area is 735 Å². The third-order valence-corrected chi connectivity index (χ3v) is 16.9. The van der Waals surface area contributed by atoms with E-state index in [1.165, 1.54) is 24.7 Å². The van der Waals surface area contributed by atoms with Crippen LogP contribution in [0.1, 0.15) is 311 Å². The van der Waals surface area contributed by atoms with Gasteiger partial charge in [0.1, 0.15) is 39.7 Å². The van der Waals surface area contributed by atoms with Crippen molar-refractivity contribution >= 4 is 91.1 Å². The SMILES string of the molecule is CO.O=C(O)c1c[nH]c2ccccc2c1=O.[2H]C([2H])([2H])C(c1cc(C(C)(C)C)c(N)cc1OC(C)=O)(C([2H])([2H])[2H])C([2H])([2H])[2H].[2H]C([2H])([2H])C(c1cc(C(C)(C)C)c(NC(=O)c2c[nH]c3ccccc3c2=O)cc1O)(C([2H])([2H])[2H])C([2H])([2H])[2H].[2H]C([2H])([2H])C(c1cc(C(C)(C)C)c(NC(=O)c2c[nH]c3ccccc3c2=O)cc1OC(C)=O)(C([2H])([2H])[2H])C([2H])([2H])[2H].[2H]C([2H])([2H])C(c1cc(C(C)(C)C)c([N+](=O)[O-])cc1OC(C)=O)(C([2H])([2H])[2H])C([2H])([2H])[2H]. The van der Waals surface area contributed by atoms with Crippen molar-refractivity contribution in [1.82, 2.24) is 15.0 Å². The molecular weight excluding hydrogens is 1490 g/mol. The molecule has 0 unspecified atom stereocenters. The molecule has 0 radical (unpaired) electrons. The molecule has 117 heavy (non-hydrogen) atoms. The molecule has 3 aromatic heterocycles.